The quantitative estimate of drug-likeness (QED) is 0.638. The van der Waals surface area contributed by atoms with Crippen molar-refractivity contribution in [2.75, 3.05) is 26.7 Å². The second kappa shape index (κ2) is 7.89. The molecular formula is C20H30N4O. The summed E-state index contributed by atoms with van der Waals surface area (Å²) in [6.45, 7) is 4.44. The lowest BCUT2D eigenvalue weighted by Gasteiger charge is -2.43. The number of nitrogens with one attached hydrogen (secondary N) is 2. The number of carbonyl (C=O) groups excluding carboxylic acids is 1. The van der Waals surface area contributed by atoms with Crippen molar-refractivity contribution in [1.29, 1.82) is 0 Å². The van der Waals surface area contributed by atoms with Crippen LogP contribution in [0.4, 0.5) is 0 Å². The molecule has 2 fully saturated rings. The van der Waals surface area contributed by atoms with Crippen LogP contribution in [-0.4, -0.2) is 49.5 Å². The summed E-state index contributed by atoms with van der Waals surface area (Å²) in [7, 11) is 1.81. The van der Waals surface area contributed by atoms with E-state index in [1.165, 1.54) is 24.8 Å². The number of carbonyl (C=O) groups is 1. The zero-order chi connectivity index (χ0) is 17.7. The van der Waals surface area contributed by atoms with Crippen molar-refractivity contribution < 1.29 is 4.79 Å². The second-order valence-electron chi connectivity index (χ2n) is 7.25. The normalized spacial score (nSPS) is 22.4. The maximum atomic E-state index is 11.8. The van der Waals surface area contributed by atoms with Gasteiger partial charge in [-0.3, -0.25) is 9.79 Å². The first kappa shape index (κ1) is 17.8. The molecule has 1 saturated carbocycles. The number of hydrogen-bond acceptors (Lipinski definition) is 2. The minimum Gasteiger partial charge on any atom is -0.356 e. The molecule has 25 heavy (non-hydrogen) atoms. The van der Waals surface area contributed by atoms with Gasteiger partial charge in [-0.25, -0.2) is 0 Å². The highest BCUT2D eigenvalue weighted by atomic mass is 16.2. The Morgan fingerprint density at radius 3 is 2.68 bits per heavy atom. The van der Waals surface area contributed by atoms with Crippen LogP contribution in [0.15, 0.2) is 35.3 Å². The van der Waals surface area contributed by atoms with E-state index in [1.807, 2.05) is 18.9 Å². The summed E-state index contributed by atoms with van der Waals surface area (Å²) in [6.07, 6.45) is 5.31. The summed E-state index contributed by atoms with van der Waals surface area (Å²) < 4.78 is 0. The Labute approximate surface area is 150 Å². The molecule has 1 atom stereocenters. The standard InChI is InChI=1S/C20H30N4O/c1-3-18(25)24-13-10-17(14-24)23-19(21-2)22-15-20(11-7-12-20)16-8-5-4-6-9-16/h4-6,8-9,17H,3,7,10-15H2,1-2H3,(H2,21,22,23). The van der Waals surface area contributed by atoms with E-state index in [9.17, 15) is 4.79 Å². The van der Waals surface area contributed by atoms with Crippen LogP contribution in [0, 0.1) is 0 Å². The van der Waals surface area contributed by atoms with Gasteiger partial charge in [-0.15, -0.1) is 0 Å². The SMILES string of the molecule is CCC(=O)N1CCC(NC(=NC)NCC2(c3ccccc3)CCC2)C1. The summed E-state index contributed by atoms with van der Waals surface area (Å²) >= 11 is 0. The molecule has 1 amide bonds. The molecule has 1 aromatic carbocycles. The lowest BCUT2D eigenvalue weighted by Crippen LogP contribution is -2.51. The summed E-state index contributed by atoms with van der Waals surface area (Å²) in [5.41, 5.74) is 1.66. The maximum Gasteiger partial charge on any atom is 0.222 e. The highest BCUT2D eigenvalue weighted by molar-refractivity contribution is 5.80. The minimum atomic E-state index is 0.235. The monoisotopic (exact) mass is 342 g/mol. The van der Waals surface area contributed by atoms with Crippen molar-refractivity contribution in [1.82, 2.24) is 15.5 Å². The third kappa shape index (κ3) is 3.97. The first-order valence-electron chi connectivity index (χ1n) is 9.47. The molecule has 1 aliphatic carbocycles. The van der Waals surface area contributed by atoms with Gasteiger partial charge >= 0.3 is 0 Å². The van der Waals surface area contributed by atoms with Crippen LogP contribution in [0.5, 0.6) is 0 Å². The Morgan fingerprint density at radius 1 is 1.32 bits per heavy atom. The minimum absolute atomic E-state index is 0.235. The number of likely N-dealkylation sites (tertiary alicyclic amines) is 1. The number of nitrogens with zero attached hydrogens (tertiary/aromatic N) is 2. The molecule has 1 heterocycles. The molecule has 136 valence electrons. The largest absolute Gasteiger partial charge is 0.356 e. The molecule has 1 unspecified atom stereocenters. The average Bonchev–Trinajstić information content (AvgIpc) is 3.08. The average molecular weight is 342 g/mol. The van der Waals surface area contributed by atoms with E-state index in [-0.39, 0.29) is 17.4 Å². The number of guanidine groups is 1. The molecule has 2 aliphatic rings. The number of aliphatic imine (C=N–C) groups is 1. The first-order chi connectivity index (χ1) is 12.2. The topological polar surface area (TPSA) is 56.7 Å². The van der Waals surface area contributed by atoms with Gasteiger partial charge in [0.25, 0.3) is 0 Å². The van der Waals surface area contributed by atoms with Gasteiger partial charge in [-0.2, -0.15) is 0 Å². The lowest BCUT2D eigenvalue weighted by molar-refractivity contribution is -0.129. The van der Waals surface area contributed by atoms with E-state index in [2.05, 4.69) is 46.0 Å². The fraction of sp³-hybridized carbons (Fsp3) is 0.600. The van der Waals surface area contributed by atoms with Crippen molar-refractivity contribution in [2.24, 2.45) is 4.99 Å². The van der Waals surface area contributed by atoms with Gasteiger partial charge in [0, 0.05) is 44.6 Å². The summed E-state index contributed by atoms with van der Waals surface area (Å²) in [5, 5.41) is 7.02. The van der Waals surface area contributed by atoms with E-state index in [0.29, 0.717) is 6.42 Å². The highest BCUT2D eigenvalue weighted by Crippen LogP contribution is 2.43. The Morgan fingerprint density at radius 2 is 2.08 bits per heavy atom. The zero-order valence-electron chi connectivity index (χ0n) is 15.4. The van der Waals surface area contributed by atoms with E-state index >= 15 is 0 Å². The smallest absolute Gasteiger partial charge is 0.222 e. The second-order valence-corrected chi connectivity index (χ2v) is 7.25. The van der Waals surface area contributed by atoms with Crippen molar-refractivity contribution in [2.45, 2.75) is 50.5 Å². The molecule has 0 radical (unpaired) electrons. The van der Waals surface area contributed by atoms with Gasteiger partial charge in [0.1, 0.15) is 0 Å². The Balaban J connectivity index is 1.54. The Kier molecular flexibility index (Phi) is 5.61. The molecule has 1 aromatic rings. The third-order valence-corrected chi connectivity index (χ3v) is 5.70. The van der Waals surface area contributed by atoms with Crippen LogP contribution in [0.1, 0.15) is 44.6 Å². The van der Waals surface area contributed by atoms with Crippen molar-refractivity contribution in [3.05, 3.63) is 35.9 Å². The summed E-state index contributed by atoms with van der Waals surface area (Å²) in [5.74, 6) is 1.09. The molecular weight excluding hydrogens is 312 g/mol. The van der Waals surface area contributed by atoms with Crippen LogP contribution in [0.3, 0.4) is 0 Å². The molecule has 1 saturated heterocycles. The third-order valence-electron chi connectivity index (χ3n) is 5.70. The van der Waals surface area contributed by atoms with Crippen LogP contribution < -0.4 is 10.6 Å². The van der Waals surface area contributed by atoms with E-state index < -0.39 is 0 Å². The Bertz CT molecular complexity index is 609. The zero-order valence-corrected chi connectivity index (χ0v) is 15.4. The van der Waals surface area contributed by atoms with Crippen molar-refractivity contribution in [3.63, 3.8) is 0 Å². The molecule has 1 aliphatic heterocycles. The predicted octanol–water partition coefficient (Wildman–Crippen LogP) is 2.28. The number of hydrogen-bond donors (Lipinski definition) is 2. The first-order valence-corrected chi connectivity index (χ1v) is 9.47. The molecule has 3 rings (SSSR count). The maximum absolute atomic E-state index is 11.8. The van der Waals surface area contributed by atoms with Crippen molar-refractivity contribution in [3.8, 4) is 0 Å². The molecule has 0 spiro atoms. The van der Waals surface area contributed by atoms with Gasteiger partial charge in [0.15, 0.2) is 5.96 Å². The van der Waals surface area contributed by atoms with Gasteiger partial charge in [0.05, 0.1) is 0 Å². The van der Waals surface area contributed by atoms with Gasteiger partial charge < -0.3 is 15.5 Å². The Hall–Kier alpha value is -2.04. The predicted molar refractivity (Wildman–Crippen MR) is 102 cm³/mol. The fourth-order valence-corrected chi connectivity index (χ4v) is 3.93. The number of benzene rings is 1. The number of rotatable bonds is 5. The lowest BCUT2D eigenvalue weighted by atomic mass is 9.64. The van der Waals surface area contributed by atoms with Crippen LogP contribution in [0.2, 0.25) is 0 Å². The fourth-order valence-electron chi connectivity index (χ4n) is 3.93. The van der Waals surface area contributed by atoms with Crippen LogP contribution >= 0.6 is 0 Å². The highest BCUT2D eigenvalue weighted by Gasteiger charge is 2.38. The molecule has 5 heteroatoms. The van der Waals surface area contributed by atoms with Crippen LogP contribution in [-0.2, 0) is 10.2 Å². The van der Waals surface area contributed by atoms with Gasteiger partial charge in [0.2, 0.25) is 5.91 Å². The van der Waals surface area contributed by atoms with Crippen LogP contribution in [0.25, 0.3) is 0 Å². The molecule has 0 bridgehead atoms. The van der Waals surface area contributed by atoms with Gasteiger partial charge in [-0.05, 0) is 24.8 Å². The van der Waals surface area contributed by atoms with Gasteiger partial charge in [-0.1, -0.05) is 43.7 Å². The van der Waals surface area contributed by atoms with Crippen molar-refractivity contribution >= 4 is 11.9 Å². The molecule has 5 nitrogen and oxygen atoms in total. The van der Waals surface area contributed by atoms with E-state index in [1.54, 1.807) is 0 Å². The summed E-state index contributed by atoms with van der Waals surface area (Å²) in [4.78, 5) is 18.2. The molecule has 2 N–H and O–H groups in total. The molecule has 0 aromatic heterocycles. The number of amides is 1. The summed E-state index contributed by atoms with van der Waals surface area (Å²) in [6, 6.07) is 11.1. The van der Waals surface area contributed by atoms with E-state index in [0.717, 1.165) is 32.0 Å². The van der Waals surface area contributed by atoms with E-state index in [4.69, 9.17) is 0 Å².